The van der Waals surface area contributed by atoms with Gasteiger partial charge in [-0.1, -0.05) is 17.8 Å². The number of nitrogens with two attached hydrogens (primary N) is 1. The Balaban J connectivity index is 1.52. The molecule has 36 heavy (non-hydrogen) atoms. The molecule has 13 heteroatoms. The molecule has 0 radical (unpaired) electrons. The van der Waals surface area contributed by atoms with Gasteiger partial charge >= 0.3 is 0 Å². The fraction of sp³-hybridized carbons (Fsp3) is 0.391. The number of nitrogens with zero attached hydrogens (tertiary/aromatic N) is 2. The zero-order valence-electron chi connectivity index (χ0n) is 19.9. The fourth-order valence-corrected chi connectivity index (χ4v) is 4.42. The van der Waals surface area contributed by atoms with Crippen molar-refractivity contribution in [3.63, 3.8) is 0 Å². The number of carbonyl (C=O) groups excluding carboxylic acids is 4. The topological polar surface area (TPSA) is 168 Å². The maximum atomic E-state index is 12.4. The van der Waals surface area contributed by atoms with E-state index in [-0.39, 0.29) is 23.4 Å². The third kappa shape index (κ3) is 7.40. The van der Waals surface area contributed by atoms with Crippen LogP contribution < -0.4 is 27.0 Å². The molecule has 2 heterocycles. The highest BCUT2D eigenvalue weighted by atomic mass is 79.9. The number of carbonyl (C=O) groups is 4. The molecule has 0 bridgehead atoms. The molecule has 1 unspecified atom stereocenters. The van der Waals surface area contributed by atoms with Crippen LogP contribution in [0, 0.1) is 11.3 Å². The fourth-order valence-electron chi connectivity index (χ4n) is 3.11. The third-order valence-electron chi connectivity index (χ3n) is 5.47. The monoisotopic (exact) mass is 577 g/mol. The predicted octanol–water partition coefficient (Wildman–Crippen LogP) is 2.63. The third-order valence-corrected chi connectivity index (χ3v) is 7.11. The number of aromatic nitrogens is 2. The first-order valence-electron chi connectivity index (χ1n) is 11.2. The Kier molecular flexibility index (Phi) is 9.26. The molecule has 1 aromatic heterocycles. The van der Waals surface area contributed by atoms with E-state index >= 15 is 0 Å². The normalized spacial score (nSPS) is 15.3. The number of amides is 3. The van der Waals surface area contributed by atoms with Gasteiger partial charge in [0.05, 0.1) is 10.4 Å². The van der Waals surface area contributed by atoms with Gasteiger partial charge in [0.25, 0.3) is 0 Å². The Morgan fingerprint density at radius 1 is 1.22 bits per heavy atom. The van der Waals surface area contributed by atoms with Crippen molar-refractivity contribution in [1.82, 2.24) is 15.3 Å². The second kappa shape index (κ2) is 12.2. The van der Waals surface area contributed by atoms with E-state index < -0.39 is 17.2 Å². The molecule has 1 aromatic carbocycles. The van der Waals surface area contributed by atoms with Crippen molar-refractivity contribution in [3.05, 3.63) is 34.9 Å². The number of rotatable bonds is 11. The van der Waals surface area contributed by atoms with Gasteiger partial charge in [0.2, 0.25) is 23.7 Å². The van der Waals surface area contributed by atoms with Crippen molar-refractivity contribution in [1.29, 1.82) is 0 Å². The molecule has 3 rings (SSSR count). The van der Waals surface area contributed by atoms with Crippen molar-refractivity contribution < 1.29 is 19.2 Å². The van der Waals surface area contributed by atoms with E-state index in [0.29, 0.717) is 52.9 Å². The summed E-state index contributed by atoms with van der Waals surface area (Å²) in [5, 5.41) is 11.9. The van der Waals surface area contributed by atoms with Crippen LogP contribution in [0.15, 0.2) is 34.9 Å². The summed E-state index contributed by atoms with van der Waals surface area (Å²) in [6, 6.07) is 7.14. The Morgan fingerprint density at radius 3 is 2.67 bits per heavy atom. The first-order valence-corrected chi connectivity index (χ1v) is 13.0. The summed E-state index contributed by atoms with van der Waals surface area (Å²) in [4.78, 5) is 56.0. The lowest BCUT2D eigenvalue weighted by Gasteiger charge is -2.19. The zero-order valence-corrected chi connectivity index (χ0v) is 22.3. The summed E-state index contributed by atoms with van der Waals surface area (Å²) in [5.41, 5.74) is 5.27. The van der Waals surface area contributed by atoms with Gasteiger partial charge in [-0.15, -0.1) is 0 Å². The highest BCUT2D eigenvalue weighted by molar-refractivity contribution is 9.10. The molecule has 1 aliphatic rings. The van der Waals surface area contributed by atoms with Crippen LogP contribution in [-0.2, 0) is 19.2 Å². The lowest BCUT2D eigenvalue weighted by atomic mass is 9.91. The van der Waals surface area contributed by atoms with Crippen LogP contribution in [-0.4, -0.2) is 51.6 Å². The molecule has 1 fully saturated rings. The first-order chi connectivity index (χ1) is 17.1. The van der Waals surface area contributed by atoms with E-state index in [1.807, 2.05) is 6.07 Å². The average molecular weight is 578 g/mol. The van der Waals surface area contributed by atoms with Gasteiger partial charge in [-0.2, -0.15) is 4.98 Å². The lowest BCUT2D eigenvalue weighted by molar-refractivity contribution is -0.139. The van der Waals surface area contributed by atoms with Crippen LogP contribution in [0.4, 0.5) is 23.1 Å². The predicted molar refractivity (Wildman–Crippen MR) is 143 cm³/mol. The number of hydrogen-bond acceptors (Lipinski definition) is 9. The molecule has 0 spiro atoms. The standard InChI is InChI=1S/C23H28BrN7O4S/c1-23(2,20(25)34)21(35)27-8-4-7-26-18-16(24)11-28-22(31-18)30-15-6-3-5-14(10-15)29-19(33)13-9-17(32)36-12-13/h3,5-6,10-11,13H,4,7-9,12H2,1-2H3,(H2,25,34)(H,27,35)(H,29,33)(H2,26,28,30,31). The van der Waals surface area contributed by atoms with E-state index in [0.717, 1.165) is 0 Å². The lowest BCUT2D eigenvalue weighted by Crippen LogP contribution is -2.46. The number of benzene rings is 1. The summed E-state index contributed by atoms with van der Waals surface area (Å²) < 4.78 is 0.664. The minimum atomic E-state index is -1.27. The van der Waals surface area contributed by atoms with E-state index in [4.69, 9.17) is 5.73 Å². The molecule has 192 valence electrons. The number of anilines is 4. The van der Waals surface area contributed by atoms with Crippen molar-refractivity contribution in [3.8, 4) is 0 Å². The Hall–Kier alpha value is -3.19. The molecule has 1 atom stereocenters. The van der Waals surface area contributed by atoms with E-state index in [9.17, 15) is 19.2 Å². The van der Waals surface area contributed by atoms with Crippen molar-refractivity contribution in [2.75, 3.05) is 34.8 Å². The SMILES string of the molecule is CC(C)(C(N)=O)C(=O)NCCCNc1nc(Nc2cccc(NC(=O)C3CSC(=O)C3)c2)ncc1Br. The molecule has 0 aliphatic carbocycles. The number of primary amides is 1. The molecule has 6 N–H and O–H groups in total. The van der Waals surface area contributed by atoms with Gasteiger partial charge in [-0.25, -0.2) is 4.98 Å². The Labute approximate surface area is 221 Å². The summed E-state index contributed by atoms with van der Waals surface area (Å²) in [6.07, 6.45) is 2.45. The summed E-state index contributed by atoms with van der Waals surface area (Å²) >= 11 is 4.61. The molecule has 3 amide bonds. The van der Waals surface area contributed by atoms with E-state index in [2.05, 4.69) is 47.2 Å². The van der Waals surface area contributed by atoms with Gasteiger partial charge in [0, 0.05) is 42.8 Å². The molecule has 1 aliphatic heterocycles. The smallest absolute Gasteiger partial charge is 0.235 e. The van der Waals surface area contributed by atoms with Crippen molar-refractivity contribution in [2.24, 2.45) is 17.1 Å². The van der Waals surface area contributed by atoms with Gasteiger partial charge in [-0.05, 0) is 54.4 Å². The van der Waals surface area contributed by atoms with Crippen LogP contribution in [0.2, 0.25) is 0 Å². The maximum Gasteiger partial charge on any atom is 0.235 e. The Bertz CT molecular complexity index is 1160. The Morgan fingerprint density at radius 2 is 1.97 bits per heavy atom. The number of thioether (sulfide) groups is 1. The maximum absolute atomic E-state index is 12.4. The van der Waals surface area contributed by atoms with Crippen LogP contribution in [0.5, 0.6) is 0 Å². The molecular weight excluding hydrogens is 550 g/mol. The van der Waals surface area contributed by atoms with Crippen LogP contribution in [0.3, 0.4) is 0 Å². The molecule has 2 aromatic rings. The number of hydrogen-bond donors (Lipinski definition) is 5. The average Bonchev–Trinajstić information content (AvgIpc) is 3.27. The second-order valence-corrected chi connectivity index (χ2v) is 10.6. The first kappa shape index (κ1) is 27.4. The minimum absolute atomic E-state index is 0.0409. The van der Waals surface area contributed by atoms with E-state index in [1.165, 1.54) is 25.6 Å². The van der Waals surface area contributed by atoms with Gasteiger partial charge in [-0.3, -0.25) is 19.2 Å². The summed E-state index contributed by atoms with van der Waals surface area (Å²) in [5.74, 6) is -0.179. The quantitative estimate of drug-likeness (QED) is 0.199. The minimum Gasteiger partial charge on any atom is -0.369 e. The zero-order chi connectivity index (χ0) is 26.3. The van der Waals surface area contributed by atoms with Crippen LogP contribution in [0.25, 0.3) is 0 Å². The molecule has 11 nitrogen and oxygen atoms in total. The van der Waals surface area contributed by atoms with Gasteiger partial charge in [0.15, 0.2) is 5.12 Å². The number of halogens is 1. The highest BCUT2D eigenvalue weighted by Gasteiger charge is 2.33. The number of nitrogens with one attached hydrogen (secondary N) is 4. The van der Waals surface area contributed by atoms with E-state index in [1.54, 1.807) is 24.4 Å². The van der Waals surface area contributed by atoms with Crippen molar-refractivity contribution >= 4 is 73.7 Å². The molecular formula is C23H28BrN7O4S. The van der Waals surface area contributed by atoms with Gasteiger partial charge in [0.1, 0.15) is 11.2 Å². The van der Waals surface area contributed by atoms with Gasteiger partial charge < -0.3 is 27.0 Å². The summed E-state index contributed by atoms with van der Waals surface area (Å²) in [7, 11) is 0. The highest BCUT2D eigenvalue weighted by Crippen LogP contribution is 2.27. The van der Waals surface area contributed by atoms with Crippen LogP contribution in [0.1, 0.15) is 26.7 Å². The summed E-state index contributed by atoms with van der Waals surface area (Å²) in [6.45, 7) is 3.84. The largest absolute Gasteiger partial charge is 0.369 e. The molecule has 0 saturated carbocycles. The van der Waals surface area contributed by atoms with Crippen molar-refractivity contribution in [2.45, 2.75) is 26.7 Å². The second-order valence-electron chi connectivity index (χ2n) is 8.69. The van der Waals surface area contributed by atoms with Crippen LogP contribution >= 0.6 is 27.7 Å². The molecule has 1 saturated heterocycles.